The van der Waals surface area contributed by atoms with Gasteiger partial charge in [-0.3, -0.25) is 0 Å². The van der Waals surface area contributed by atoms with Gasteiger partial charge in [-0.25, -0.2) is 4.39 Å². The Bertz CT molecular complexity index is 557. The Labute approximate surface area is 127 Å². The third kappa shape index (κ3) is 4.32. The van der Waals surface area contributed by atoms with E-state index in [9.17, 15) is 4.39 Å². The van der Waals surface area contributed by atoms with Crippen LogP contribution >= 0.6 is 15.9 Å². The van der Waals surface area contributed by atoms with Crippen LogP contribution in [0.1, 0.15) is 18.1 Å². The lowest BCUT2D eigenvalue weighted by Gasteiger charge is -2.12. The zero-order valence-electron chi connectivity index (χ0n) is 11.3. The highest BCUT2D eigenvalue weighted by atomic mass is 79.9. The Morgan fingerprint density at radius 1 is 1.15 bits per heavy atom. The molecule has 0 aliphatic rings. The molecule has 0 fully saturated rings. The molecule has 0 spiro atoms. The first-order valence-corrected chi connectivity index (χ1v) is 7.34. The second-order valence-corrected chi connectivity index (χ2v) is 5.36. The van der Waals surface area contributed by atoms with E-state index >= 15 is 0 Å². The van der Waals surface area contributed by atoms with Crippen molar-refractivity contribution < 1.29 is 9.13 Å². The van der Waals surface area contributed by atoms with Gasteiger partial charge < -0.3 is 10.1 Å². The summed E-state index contributed by atoms with van der Waals surface area (Å²) in [6.07, 6.45) is 0. The van der Waals surface area contributed by atoms with Gasteiger partial charge in [0.25, 0.3) is 0 Å². The van der Waals surface area contributed by atoms with Crippen LogP contribution < -0.4 is 10.1 Å². The van der Waals surface area contributed by atoms with Crippen LogP contribution in [0.15, 0.2) is 46.9 Å². The van der Waals surface area contributed by atoms with E-state index in [1.54, 1.807) is 12.1 Å². The SMILES string of the molecule is CCNCc1cc(Br)ccc1OCc1ccc(F)cc1. The fraction of sp³-hybridized carbons (Fsp3) is 0.250. The van der Waals surface area contributed by atoms with Crippen molar-refractivity contribution in [3.8, 4) is 5.75 Å². The summed E-state index contributed by atoms with van der Waals surface area (Å²) in [6, 6.07) is 12.3. The monoisotopic (exact) mass is 337 g/mol. The normalized spacial score (nSPS) is 10.6. The van der Waals surface area contributed by atoms with Crippen molar-refractivity contribution in [2.45, 2.75) is 20.1 Å². The van der Waals surface area contributed by atoms with Crippen molar-refractivity contribution in [1.82, 2.24) is 5.32 Å². The number of rotatable bonds is 6. The third-order valence-electron chi connectivity index (χ3n) is 2.90. The maximum atomic E-state index is 12.8. The molecule has 2 aromatic carbocycles. The highest BCUT2D eigenvalue weighted by Crippen LogP contribution is 2.24. The molecule has 0 aromatic heterocycles. The molecular formula is C16H17BrFNO. The first-order valence-electron chi connectivity index (χ1n) is 6.55. The Hall–Kier alpha value is -1.39. The van der Waals surface area contributed by atoms with E-state index in [4.69, 9.17) is 4.74 Å². The van der Waals surface area contributed by atoms with Crippen LogP contribution in [0.5, 0.6) is 5.75 Å². The average Bonchev–Trinajstić information content (AvgIpc) is 2.46. The molecule has 2 nitrogen and oxygen atoms in total. The minimum atomic E-state index is -0.231. The summed E-state index contributed by atoms with van der Waals surface area (Å²) in [4.78, 5) is 0. The molecule has 4 heteroatoms. The molecule has 0 saturated heterocycles. The summed E-state index contributed by atoms with van der Waals surface area (Å²) in [6.45, 7) is 4.16. The lowest BCUT2D eigenvalue weighted by molar-refractivity contribution is 0.302. The molecule has 0 bridgehead atoms. The number of ether oxygens (including phenoxy) is 1. The largest absolute Gasteiger partial charge is 0.489 e. The highest BCUT2D eigenvalue weighted by Gasteiger charge is 2.05. The zero-order valence-corrected chi connectivity index (χ0v) is 12.9. The van der Waals surface area contributed by atoms with E-state index in [1.165, 1.54) is 12.1 Å². The third-order valence-corrected chi connectivity index (χ3v) is 3.39. The maximum Gasteiger partial charge on any atom is 0.124 e. The van der Waals surface area contributed by atoms with Crippen molar-refractivity contribution in [2.75, 3.05) is 6.54 Å². The van der Waals surface area contributed by atoms with E-state index < -0.39 is 0 Å². The summed E-state index contributed by atoms with van der Waals surface area (Å²) in [5.74, 6) is 0.615. The topological polar surface area (TPSA) is 21.3 Å². The standard InChI is InChI=1S/C16H17BrFNO/c1-2-19-10-13-9-14(17)5-8-16(13)20-11-12-3-6-15(18)7-4-12/h3-9,19H,2,10-11H2,1H3. The van der Waals surface area contributed by atoms with Gasteiger partial charge in [0.1, 0.15) is 18.2 Å². The van der Waals surface area contributed by atoms with E-state index in [2.05, 4.69) is 28.2 Å². The Morgan fingerprint density at radius 3 is 2.60 bits per heavy atom. The molecule has 106 valence electrons. The van der Waals surface area contributed by atoms with Gasteiger partial charge in [0, 0.05) is 16.6 Å². The van der Waals surface area contributed by atoms with Gasteiger partial charge in [0.15, 0.2) is 0 Å². The van der Waals surface area contributed by atoms with Gasteiger partial charge >= 0.3 is 0 Å². The Balaban J connectivity index is 2.06. The lowest BCUT2D eigenvalue weighted by Crippen LogP contribution is -2.13. The van der Waals surface area contributed by atoms with Crippen molar-refractivity contribution in [3.05, 3.63) is 63.9 Å². The Kier molecular flexibility index (Phi) is 5.56. The van der Waals surface area contributed by atoms with E-state index in [1.807, 2.05) is 18.2 Å². The first-order chi connectivity index (χ1) is 9.69. The summed E-state index contributed by atoms with van der Waals surface area (Å²) in [5.41, 5.74) is 2.05. The molecule has 1 N–H and O–H groups in total. The minimum Gasteiger partial charge on any atom is -0.489 e. The number of benzene rings is 2. The predicted molar refractivity (Wildman–Crippen MR) is 82.3 cm³/mol. The molecule has 0 aliphatic carbocycles. The van der Waals surface area contributed by atoms with Crippen molar-refractivity contribution >= 4 is 15.9 Å². The fourth-order valence-corrected chi connectivity index (χ4v) is 2.24. The van der Waals surface area contributed by atoms with Crippen LogP contribution in [0.2, 0.25) is 0 Å². The number of hydrogen-bond acceptors (Lipinski definition) is 2. The second kappa shape index (κ2) is 7.41. The summed E-state index contributed by atoms with van der Waals surface area (Å²) >= 11 is 3.47. The first kappa shape index (κ1) is 15.0. The number of halogens is 2. The van der Waals surface area contributed by atoms with Gasteiger partial charge in [-0.15, -0.1) is 0 Å². The van der Waals surface area contributed by atoms with Crippen LogP contribution in [0.25, 0.3) is 0 Å². The van der Waals surface area contributed by atoms with Gasteiger partial charge in [0.2, 0.25) is 0 Å². The molecular weight excluding hydrogens is 321 g/mol. The number of hydrogen-bond donors (Lipinski definition) is 1. The summed E-state index contributed by atoms with van der Waals surface area (Å²) in [5, 5.41) is 3.29. The predicted octanol–water partition coefficient (Wildman–Crippen LogP) is 4.28. The van der Waals surface area contributed by atoms with Crippen LogP contribution in [0.3, 0.4) is 0 Å². The van der Waals surface area contributed by atoms with E-state index in [-0.39, 0.29) is 5.82 Å². The zero-order chi connectivity index (χ0) is 14.4. The molecule has 0 heterocycles. The van der Waals surface area contributed by atoms with Crippen LogP contribution in [0.4, 0.5) is 4.39 Å². The summed E-state index contributed by atoms with van der Waals surface area (Å²) in [7, 11) is 0. The van der Waals surface area contributed by atoms with E-state index in [0.717, 1.165) is 34.4 Å². The maximum absolute atomic E-state index is 12.8. The molecule has 2 rings (SSSR count). The number of nitrogens with one attached hydrogen (secondary N) is 1. The molecule has 0 unspecified atom stereocenters. The van der Waals surface area contributed by atoms with Crippen LogP contribution in [-0.4, -0.2) is 6.54 Å². The van der Waals surface area contributed by atoms with E-state index in [0.29, 0.717) is 6.61 Å². The smallest absolute Gasteiger partial charge is 0.124 e. The van der Waals surface area contributed by atoms with Crippen LogP contribution in [-0.2, 0) is 13.2 Å². The van der Waals surface area contributed by atoms with Crippen molar-refractivity contribution in [3.63, 3.8) is 0 Å². The van der Waals surface area contributed by atoms with Crippen molar-refractivity contribution in [1.29, 1.82) is 0 Å². The molecule has 0 amide bonds. The lowest BCUT2D eigenvalue weighted by atomic mass is 10.2. The average molecular weight is 338 g/mol. The highest BCUT2D eigenvalue weighted by molar-refractivity contribution is 9.10. The van der Waals surface area contributed by atoms with Crippen molar-refractivity contribution in [2.24, 2.45) is 0 Å². The summed E-state index contributed by atoms with van der Waals surface area (Å²) < 4.78 is 19.7. The van der Waals surface area contributed by atoms with Gasteiger partial charge in [-0.05, 0) is 42.4 Å². The second-order valence-electron chi connectivity index (χ2n) is 4.45. The van der Waals surface area contributed by atoms with Gasteiger partial charge in [0.05, 0.1) is 0 Å². The molecule has 0 atom stereocenters. The molecule has 0 saturated carbocycles. The molecule has 2 aromatic rings. The molecule has 0 aliphatic heterocycles. The van der Waals surface area contributed by atoms with Gasteiger partial charge in [-0.2, -0.15) is 0 Å². The Morgan fingerprint density at radius 2 is 1.90 bits per heavy atom. The fourth-order valence-electron chi connectivity index (χ4n) is 1.83. The molecule has 20 heavy (non-hydrogen) atoms. The van der Waals surface area contributed by atoms with Gasteiger partial charge in [-0.1, -0.05) is 35.0 Å². The minimum absolute atomic E-state index is 0.231. The quantitative estimate of drug-likeness (QED) is 0.849. The van der Waals surface area contributed by atoms with Crippen LogP contribution in [0, 0.1) is 5.82 Å². The molecule has 0 radical (unpaired) electrons.